The Kier molecular flexibility index (Phi) is 7.55. The Balaban J connectivity index is 1.70. The third-order valence-electron chi connectivity index (χ3n) is 7.36. The van der Waals surface area contributed by atoms with E-state index in [1.54, 1.807) is 7.11 Å². The zero-order chi connectivity index (χ0) is 27.7. The molecule has 4 aromatic rings. The molecule has 9 heteroatoms. The summed E-state index contributed by atoms with van der Waals surface area (Å²) in [7, 11) is 1.66. The molecular formula is C30H38N6O3. The zero-order valence-electron chi connectivity index (χ0n) is 23.7. The van der Waals surface area contributed by atoms with Gasteiger partial charge in [-0.2, -0.15) is 0 Å². The highest BCUT2D eigenvalue weighted by atomic mass is 16.5. The first-order valence-corrected chi connectivity index (χ1v) is 13.6. The lowest BCUT2D eigenvalue weighted by Gasteiger charge is -2.34. The first-order chi connectivity index (χ1) is 18.6. The number of ether oxygens (including phenoxy) is 2. The highest BCUT2D eigenvalue weighted by molar-refractivity contribution is 5.83. The van der Waals surface area contributed by atoms with E-state index in [9.17, 15) is 4.79 Å². The smallest absolute Gasteiger partial charge is 0.253 e. The summed E-state index contributed by atoms with van der Waals surface area (Å²) >= 11 is 0. The molecule has 3 heterocycles. The number of nitrogens with zero attached hydrogens (tertiary/aromatic N) is 5. The predicted molar refractivity (Wildman–Crippen MR) is 151 cm³/mol. The summed E-state index contributed by atoms with van der Waals surface area (Å²) < 4.78 is 13.3. The average Bonchev–Trinajstić information content (AvgIpc) is 3.58. The van der Waals surface area contributed by atoms with Gasteiger partial charge in [0.1, 0.15) is 11.8 Å². The van der Waals surface area contributed by atoms with Gasteiger partial charge in [-0.1, -0.05) is 23.8 Å². The van der Waals surface area contributed by atoms with Crippen LogP contribution in [0.3, 0.4) is 0 Å². The Morgan fingerprint density at radius 3 is 2.62 bits per heavy atom. The van der Waals surface area contributed by atoms with Crippen LogP contribution in [0.15, 0.2) is 47.3 Å². The third-order valence-corrected chi connectivity index (χ3v) is 7.36. The second-order valence-corrected chi connectivity index (χ2v) is 11.5. The Morgan fingerprint density at radius 1 is 1.18 bits per heavy atom. The van der Waals surface area contributed by atoms with Gasteiger partial charge in [0, 0.05) is 25.3 Å². The highest BCUT2D eigenvalue weighted by Crippen LogP contribution is 2.32. The monoisotopic (exact) mass is 530 g/mol. The minimum atomic E-state index is -0.500. The van der Waals surface area contributed by atoms with Crippen molar-refractivity contribution in [3.63, 3.8) is 0 Å². The molecule has 1 aliphatic rings. The molecule has 1 fully saturated rings. The molecule has 9 nitrogen and oxygen atoms in total. The van der Waals surface area contributed by atoms with Crippen LogP contribution in [0.2, 0.25) is 0 Å². The number of aromatic amines is 1. The van der Waals surface area contributed by atoms with Crippen LogP contribution in [-0.4, -0.2) is 56.5 Å². The van der Waals surface area contributed by atoms with E-state index >= 15 is 0 Å². The van der Waals surface area contributed by atoms with Crippen LogP contribution >= 0.6 is 0 Å². The molecule has 5 rings (SSSR count). The zero-order valence-corrected chi connectivity index (χ0v) is 23.7. The molecular weight excluding hydrogens is 492 g/mol. The molecule has 2 atom stereocenters. The van der Waals surface area contributed by atoms with Crippen LogP contribution in [0.4, 0.5) is 0 Å². The van der Waals surface area contributed by atoms with Crippen molar-refractivity contribution in [2.24, 2.45) is 0 Å². The molecule has 0 bridgehead atoms. The van der Waals surface area contributed by atoms with E-state index in [1.807, 2.05) is 29.8 Å². The Morgan fingerprint density at radius 2 is 1.95 bits per heavy atom. The van der Waals surface area contributed by atoms with E-state index in [4.69, 9.17) is 9.47 Å². The quantitative estimate of drug-likeness (QED) is 0.354. The summed E-state index contributed by atoms with van der Waals surface area (Å²) in [6.45, 7) is 12.3. The first kappa shape index (κ1) is 27.0. The van der Waals surface area contributed by atoms with Gasteiger partial charge < -0.3 is 14.5 Å². The lowest BCUT2D eigenvalue weighted by molar-refractivity contribution is 0.0564. The standard InChI is InChI=1S/C30H38N6O3/c1-19-14-20(2)26-22(15-19)16-25(29(37)31-26)27(28-32-33-34-36(28)30(3,4)5)35(18-24-8-7-13-39-24)17-21-9-11-23(38-6)12-10-21/h9-12,14-16,24,27H,7-8,13,17-18H2,1-6H3,(H,31,37)/t24-,27+/m0/s1. The number of rotatable bonds is 8. The fourth-order valence-corrected chi connectivity index (χ4v) is 5.52. The van der Waals surface area contributed by atoms with Crippen molar-refractivity contribution in [3.8, 4) is 5.75 Å². The van der Waals surface area contributed by atoms with Gasteiger partial charge in [-0.25, -0.2) is 4.68 Å². The van der Waals surface area contributed by atoms with Crippen molar-refractivity contribution in [2.45, 2.75) is 71.7 Å². The molecule has 0 aliphatic carbocycles. The highest BCUT2D eigenvalue weighted by Gasteiger charge is 2.35. The molecule has 0 radical (unpaired) electrons. The van der Waals surface area contributed by atoms with E-state index < -0.39 is 6.04 Å². The number of hydrogen-bond donors (Lipinski definition) is 1. The minimum Gasteiger partial charge on any atom is -0.497 e. The largest absolute Gasteiger partial charge is 0.497 e. The number of benzene rings is 2. The summed E-state index contributed by atoms with van der Waals surface area (Å²) in [6, 6.07) is 13.7. The molecule has 0 spiro atoms. The molecule has 2 aromatic heterocycles. The van der Waals surface area contributed by atoms with Crippen molar-refractivity contribution in [2.75, 3.05) is 20.3 Å². The summed E-state index contributed by atoms with van der Waals surface area (Å²) in [5, 5.41) is 14.0. The normalized spacial score (nSPS) is 16.7. The molecule has 0 saturated carbocycles. The number of nitrogens with one attached hydrogen (secondary N) is 1. The Hall–Kier alpha value is -3.56. The van der Waals surface area contributed by atoms with Crippen molar-refractivity contribution in [1.29, 1.82) is 0 Å². The lowest BCUT2D eigenvalue weighted by atomic mass is 9.98. The Labute approximate surface area is 229 Å². The van der Waals surface area contributed by atoms with E-state index in [0.717, 1.165) is 52.8 Å². The van der Waals surface area contributed by atoms with Crippen LogP contribution in [0.25, 0.3) is 10.9 Å². The van der Waals surface area contributed by atoms with Gasteiger partial charge in [-0.05, 0) is 98.7 Å². The van der Waals surface area contributed by atoms with Crippen molar-refractivity contribution < 1.29 is 9.47 Å². The van der Waals surface area contributed by atoms with Crippen LogP contribution in [0, 0.1) is 13.8 Å². The van der Waals surface area contributed by atoms with Crippen molar-refractivity contribution >= 4 is 10.9 Å². The summed E-state index contributed by atoms with van der Waals surface area (Å²) in [5.74, 6) is 1.43. The van der Waals surface area contributed by atoms with Gasteiger partial charge in [-0.15, -0.1) is 5.10 Å². The summed E-state index contributed by atoms with van der Waals surface area (Å²) in [4.78, 5) is 19.3. The topological polar surface area (TPSA) is 98.2 Å². The number of pyridine rings is 1. The predicted octanol–water partition coefficient (Wildman–Crippen LogP) is 4.67. The number of hydrogen-bond acceptors (Lipinski definition) is 7. The van der Waals surface area contributed by atoms with Gasteiger partial charge in [0.25, 0.3) is 5.56 Å². The van der Waals surface area contributed by atoms with E-state index in [-0.39, 0.29) is 17.2 Å². The fraction of sp³-hybridized carbons (Fsp3) is 0.467. The maximum absolute atomic E-state index is 13.8. The fourth-order valence-electron chi connectivity index (χ4n) is 5.52. The van der Waals surface area contributed by atoms with Gasteiger partial charge >= 0.3 is 0 Å². The van der Waals surface area contributed by atoms with Gasteiger partial charge in [-0.3, -0.25) is 9.69 Å². The van der Waals surface area contributed by atoms with Crippen LogP contribution in [0.5, 0.6) is 5.75 Å². The van der Waals surface area contributed by atoms with Crippen LogP contribution in [-0.2, 0) is 16.8 Å². The first-order valence-electron chi connectivity index (χ1n) is 13.6. The van der Waals surface area contributed by atoms with E-state index in [2.05, 4.69) is 77.4 Å². The average molecular weight is 531 g/mol. The second-order valence-electron chi connectivity index (χ2n) is 11.5. The number of fused-ring (bicyclic) bond motifs is 1. The van der Waals surface area contributed by atoms with Crippen LogP contribution in [0.1, 0.15) is 67.7 Å². The maximum atomic E-state index is 13.8. The third kappa shape index (κ3) is 5.74. The molecule has 1 saturated heterocycles. The van der Waals surface area contributed by atoms with Crippen molar-refractivity contribution in [3.05, 3.63) is 80.9 Å². The van der Waals surface area contributed by atoms with Gasteiger partial charge in [0.2, 0.25) is 0 Å². The SMILES string of the molecule is COc1ccc(CN(C[C@@H]2CCCO2)[C@H](c2cc3cc(C)cc(C)c3[nH]c2=O)c2nnnn2C(C)(C)C)cc1. The summed E-state index contributed by atoms with van der Waals surface area (Å²) in [5.41, 5.74) is 4.21. The summed E-state index contributed by atoms with van der Waals surface area (Å²) in [6.07, 6.45) is 2.07. The van der Waals surface area contributed by atoms with Gasteiger partial charge in [0.15, 0.2) is 5.82 Å². The minimum absolute atomic E-state index is 0.0637. The number of aryl methyl sites for hydroxylation is 2. The van der Waals surface area contributed by atoms with Crippen LogP contribution < -0.4 is 10.3 Å². The molecule has 0 unspecified atom stereocenters. The Bertz CT molecular complexity index is 1500. The second kappa shape index (κ2) is 10.9. The number of tetrazole rings is 1. The van der Waals surface area contributed by atoms with E-state index in [1.165, 1.54) is 0 Å². The lowest BCUT2D eigenvalue weighted by Crippen LogP contribution is -2.40. The number of methoxy groups -OCH3 is 1. The maximum Gasteiger partial charge on any atom is 0.253 e. The molecule has 39 heavy (non-hydrogen) atoms. The number of aromatic nitrogens is 5. The molecule has 1 aliphatic heterocycles. The van der Waals surface area contributed by atoms with Gasteiger partial charge in [0.05, 0.1) is 24.3 Å². The molecule has 0 amide bonds. The van der Waals surface area contributed by atoms with Crippen molar-refractivity contribution in [1.82, 2.24) is 30.1 Å². The van der Waals surface area contributed by atoms with E-state index in [0.29, 0.717) is 24.5 Å². The number of H-pyrrole nitrogens is 1. The molecule has 2 aromatic carbocycles. The molecule has 1 N–H and O–H groups in total. The molecule has 206 valence electrons.